The number of amides is 2. The van der Waals surface area contributed by atoms with Gasteiger partial charge < -0.3 is 15.7 Å². The van der Waals surface area contributed by atoms with Crippen LogP contribution in [-0.2, 0) is 20.9 Å². The maximum atomic E-state index is 13.4. The van der Waals surface area contributed by atoms with E-state index in [9.17, 15) is 14.4 Å². The summed E-state index contributed by atoms with van der Waals surface area (Å²) in [5.74, 6) is -1.40. The first-order valence-electron chi connectivity index (χ1n) is 12.4. The van der Waals surface area contributed by atoms with Crippen LogP contribution in [0.4, 0.5) is 0 Å². The maximum absolute atomic E-state index is 13.4. The van der Waals surface area contributed by atoms with Gasteiger partial charge in [0.2, 0.25) is 11.8 Å². The fourth-order valence-corrected chi connectivity index (χ4v) is 4.92. The normalized spacial score (nSPS) is 18.5. The molecule has 4 rings (SSSR count). The molecule has 1 unspecified atom stereocenters. The fraction of sp³-hybridized carbons (Fsp3) is 0.385. The van der Waals surface area contributed by atoms with E-state index in [1.807, 2.05) is 35.2 Å². The van der Waals surface area contributed by atoms with E-state index in [0.29, 0.717) is 29.2 Å². The Balaban J connectivity index is 1.40. The summed E-state index contributed by atoms with van der Waals surface area (Å²) in [6, 6.07) is 13.8. The van der Waals surface area contributed by atoms with Crippen LogP contribution in [0.2, 0.25) is 5.02 Å². The van der Waals surface area contributed by atoms with Crippen molar-refractivity contribution < 1.29 is 19.5 Å². The van der Waals surface area contributed by atoms with Gasteiger partial charge >= 0.3 is 5.97 Å². The Hall–Kier alpha value is -3.83. The van der Waals surface area contributed by atoms with Crippen molar-refractivity contribution in [3.05, 3.63) is 71.0 Å². The van der Waals surface area contributed by atoms with E-state index in [4.69, 9.17) is 16.7 Å². The van der Waals surface area contributed by atoms with Crippen molar-refractivity contribution in [1.82, 2.24) is 35.7 Å². The molecule has 0 aliphatic carbocycles. The average Bonchev–Trinajstić information content (AvgIpc) is 3.45. The minimum atomic E-state index is -0.913. The zero-order valence-electron chi connectivity index (χ0n) is 21.0. The summed E-state index contributed by atoms with van der Waals surface area (Å²) in [6.07, 6.45) is 2.76. The van der Waals surface area contributed by atoms with Gasteiger partial charge in [-0.05, 0) is 72.0 Å². The summed E-state index contributed by atoms with van der Waals surface area (Å²) >= 11 is 6.15. The van der Waals surface area contributed by atoms with E-state index >= 15 is 0 Å². The molecule has 1 aliphatic rings. The minimum absolute atomic E-state index is 0.0565. The summed E-state index contributed by atoms with van der Waals surface area (Å²) in [7, 11) is 0. The van der Waals surface area contributed by atoms with Gasteiger partial charge in [-0.2, -0.15) is 0 Å². The minimum Gasteiger partial charge on any atom is -0.481 e. The van der Waals surface area contributed by atoms with Gasteiger partial charge in [0.1, 0.15) is 12.4 Å². The lowest BCUT2D eigenvalue weighted by Gasteiger charge is -2.39. The fourth-order valence-electron chi connectivity index (χ4n) is 4.72. The van der Waals surface area contributed by atoms with E-state index < -0.39 is 18.1 Å². The van der Waals surface area contributed by atoms with Crippen molar-refractivity contribution in [3.63, 3.8) is 0 Å². The molecular formula is C26H30ClN7O4. The molecule has 3 aromatic rings. The van der Waals surface area contributed by atoms with Crippen LogP contribution in [0.25, 0.3) is 5.69 Å². The van der Waals surface area contributed by atoms with Gasteiger partial charge in [0.05, 0.1) is 18.2 Å². The Labute approximate surface area is 225 Å². The van der Waals surface area contributed by atoms with E-state index in [-0.39, 0.29) is 37.2 Å². The van der Waals surface area contributed by atoms with Crippen molar-refractivity contribution in [1.29, 1.82) is 0 Å². The Morgan fingerprint density at radius 1 is 1.18 bits per heavy atom. The zero-order chi connectivity index (χ0) is 27.1. The van der Waals surface area contributed by atoms with Gasteiger partial charge in [-0.3, -0.25) is 19.3 Å². The number of aliphatic carboxylic acids is 1. The summed E-state index contributed by atoms with van der Waals surface area (Å²) in [6.45, 7) is 2.63. The van der Waals surface area contributed by atoms with Gasteiger partial charge in [-0.1, -0.05) is 41.9 Å². The molecular weight excluding hydrogens is 510 g/mol. The topological polar surface area (TPSA) is 142 Å². The van der Waals surface area contributed by atoms with Crippen molar-refractivity contribution in [2.75, 3.05) is 13.1 Å². The van der Waals surface area contributed by atoms with Gasteiger partial charge in [0.25, 0.3) is 0 Å². The summed E-state index contributed by atoms with van der Waals surface area (Å²) in [5.41, 5.74) is 2.52. The molecule has 200 valence electrons. The summed E-state index contributed by atoms with van der Waals surface area (Å²) < 4.78 is 1.47. The van der Waals surface area contributed by atoms with Crippen molar-refractivity contribution in [2.24, 2.45) is 0 Å². The van der Waals surface area contributed by atoms with Crippen molar-refractivity contribution in [3.8, 4) is 5.69 Å². The predicted octanol–water partition coefficient (Wildman–Crippen LogP) is 2.16. The number of likely N-dealkylation sites (tertiary alicyclic amines) is 1. The van der Waals surface area contributed by atoms with Crippen LogP contribution in [0.1, 0.15) is 43.2 Å². The van der Waals surface area contributed by atoms with Crippen LogP contribution in [0.15, 0.2) is 54.9 Å². The van der Waals surface area contributed by atoms with Crippen molar-refractivity contribution >= 4 is 29.4 Å². The first-order valence-corrected chi connectivity index (χ1v) is 12.8. The lowest BCUT2D eigenvalue weighted by Crippen LogP contribution is -2.55. The SMILES string of the molecule is CC(NC(=O)[C@H]1C[C@@H](c2ccccc2)CCN1CCC(=O)O)C(=O)NCc1cc(Cl)ccc1-n1cnnn1. The number of nitrogens with zero attached hydrogens (tertiary/aromatic N) is 5. The number of halogens is 1. The Kier molecular flexibility index (Phi) is 9.03. The monoisotopic (exact) mass is 539 g/mol. The quantitative estimate of drug-likeness (QED) is 0.356. The number of aromatic nitrogens is 4. The number of carbonyl (C=O) groups is 3. The molecule has 2 amide bonds. The Bertz CT molecular complexity index is 1260. The van der Waals surface area contributed by atoms with Crippen LogP contribution in [0, 0.1) is 0 Å². The molecule has 0 radical (unpaired) electrons. The molecule has 1 fully saturated rings. The number of carbonyl (C=O) groups excluding carboxylic acids is 2. The molecule has 0 bridgehead atoms. The summed E-state index contributed by atoms with van der Waals surface area (Å²) in [4.78, 5) is 39.3. The Morgan fingerprint density at radius 3 is 2.68 bits per heavy atom. The number of piperidine rings is 1. The van der Waals surface area contributed by atoms with Crippen molar-refractivity contribution in [2.45, 2.75) is 50.7 Å². The molecule has 2 aromatic carbocycles. The number of rotatable bonds is 10. The van der Waals surface area contributed by atoms with Crippen LogP contribution in [0.5, 0.6) is 0 Å². The van der Waals surface area contributed by atoms with E-state index in [0.717, 1.165) is 12.0 Å². The molecule has 1 saturated heterocycles. The number of hydrogen-bond donors (Lipinski definition) is 3. The largest absolute Gasteiger partial charge is 0.481 e. The first-order chi connectivity index (χ1) is 18.3. The molecule has 0 spiro atoms. The van der Waals surface area contributed by atoms with Gasteiger partial charge in [-0.15, -0.1) is 5.10 Å². The number of hydrogen-bond acceptors (Lipinski definition) is 7. The predicted molar refractivity (Wildman–Crippen MR) is 140 cm³/mol. The summed E-state index contributed by atoms with van der Waals surface area (Å²) in [5, 5.41) is 26.5. The molecule has 1 aliphatic heterocycles. The molecule has 0 saturated carbocycles. The molecule has 38 heavy (non-hydrogen) atoms. The average molecular weight is 540 g/mol. The van der Waals surface area contributed by atoms with E-state index in [2.05, 4.69) is 26.2 Å². The maximum Gasteiger partial charge on any atom is 0.304 e. The van der Waals surface area contributed by atoms with Gasteiger partial charge in [0.15, 0.2) is 0 Å². The molecule has 2 heterocycles. The van der Waals surface area contributed by atoms with E-state index in [1.165, 1.54) is 11.0 Å². The number of benzene rings is 2. The highest BCUT2D eigenvalue weighted by Gasteiger charge is 2.35. The second-order valence-electron chi connectivity index (χ2n) is 9.30. The van der Waals surface area contributed by atoms with Crippen LogP contribution in [-0.4, -0.2) is 73.2 Å². The third kappa shape index (κ3) is 6.93. The molecule has 11 nitrogen and oxygen atoms in total. The second kappa shape index (κ2) is 12.6. The number of carboxylic acid groups (broad SMARTS) is 1. The second-order valence-corrected chi connectivity index (χ2v) is 9.74. The zero-order valence-corrected chi connectivity index (χ0v) is 21.7. The molecule has 3 N–H and O–H groups in total. The first kappa shape index (κ1) is 27.2. The third-order valence-corrected chi connectivity index (χ3v) is 6.98. The number of nitrogens with one attached hydrogen (secondary N) is 2. The van der Waals surface area contributed by atoms with Crippen LogP contribution < -0.4 is 10.6 Å². The van der Waals surface area contributed by atoms with Gasteiger partial charge in [-0.25, -0.2) is 4.68 Å². The van der Waals surface area contributed by atoms with Crippen LogP contribution >= 0.6 is 11.6 Å². The molecule has 1 aromatic heterocycles. The number of tetrazole rings is 1. The standard InChI is InChI=1S/C26H30ClN7O4/c1-17(25(37)28-15-20-13-21(27)7-8-22(20)34-16-29-31-32-34)30-26(38)23-14-19(18-5-3-2-4-6-18)9-11-33(23)12-10-24(35)36/h2-8,13,16-17,19,23H,9-12,14-15H2,1H3,(H,28,37)(H,30,38)(H,35,36)/t17?,19-,23+/m0/s1. The highest BCUT2D eigenvalue weighted by molar-refractivity contribution is 6.30. The highest BCUT2D eigenvalue weighted by atomic mass is 35.5. The molecule has 3 atom stereocenters. The number of carboxylic acids is 1. The van der Waals surface area contributed by atoms with Crippen LogP contribution in [0.3, 0.4) is 0 Å². The lowest BCUT2D eigenvalue weighted by atomic mass is 9.84. The smallest absolute Gasteiger partial charge is 0.304 e. The highest BCUT2D eigenvalue weighted by Crippen LogP contribution is 2.32. The molecule has 12 heteroatoms. The lowest BCUT2D eigenvalue weighted by molar-refractivity contribution is -0.139. The van der Waals surface area contributed by atoms with E-state index in [1.54, 1.807) is 25.1 Å². The third-order valence-electron chi connectivity index (χ3n) is 6.74. The Morgan fingerprint density at radius 2 is 1.97 bits per heavy atom. The van der Waals surface area contributed by atoms with Gasteiger partial charge in [0, 0.05) is 18.1 Å².